The van der Waals surface area contributed by atoms with Crippen LogP contribution in [-0.2, 0) is 0 Å². The monoisotopic (exact) mass is 134 g/mol. The number of hydrogen-bond acceptors (Lipinski definition) is 2. The summed E-state index contributed by atoms with van der Waals surface area (Å²) in [6.45, 7) is 1.00. The highest BCUT2D eigenvalue weighted by Crippen LogP contribution is 2.07. The molecule has 0 fully saturated rings. The van der Waals surface area contributed by atoms with Gasteiger partial charge in [0.15, 0.2) is 0 Å². The molecule has 0 amide bonds. The molecular formula is C8H10N2+. The fourth-order valence-corrected chi connectivity index (χ4v) is 1.32. The van der Waals surface area contributed by atoms with E-state index in [2.05, 4.69) is 16.1 Å². The summed E-state index contributed by atoms with van der Waals surface area (Å²) in [5.74, 6) is 0. The molecule has 0 aliphatic carbocycles. The average Bonchev–Trinajstić information content (AvgIpc) is 2.05. The van der Waals surface area contributed by atoms with E-state index in [4.69, 9.17) is 0 Å². The van der Waals surface area contributed by atoms with Crippen molar-refractivity contribution in [2.24, 2.45) is 4.99 Å². The molecule has 2 heterocycles. The van der Waals surface area contributed by atoms with Gasteiger partial charge in [-0.1, -0.05) is 0 Å². The van der Waals surface area contributed by atoms with Gasteiger partial charge in [-0.3, -0.25) is 4.99 Å². The molecule has 10 heavy (non-hydrogen) atoms. The van der Waals surface area contributed by atoms with Gasteiger partial charge < -0.3 is 0 Å². The van der Waals surface area contributed by atoms with Crippen molar-refractivity contribution in [1.29, 1.82) is 0 Å². The summed E-state index contributed by atoms with van der Waals surface area (Å²) in [7, 11) is 0. The molecular weight excluding hydrogens is 124 g/mol. The summed E-state index contributed by atoms with van der Waals surface area (Å²) in [5, 5.41) is 0. The van der Waals surface area contributed by atoms with Gasteiger partial charge in [0.05, 0.1) is 4.99 Å². The van der Waals surface area contributed by atoms with E-state index in [1.807, 2.05) is 6.20 Å². The van der Waals surface area contributed by atoms with Crippen molar-refractivity contribution in [1.82, 2.24) is 4.99 Å². The second kappa shape index (κ2) is 2.37. The number of nitrogens with zero attached hydrogens (tertiary/aromatic N) is 2. The standard InChI is InChI=1S/C8H10N2/c1-3-7-8(9-5-1)4-2-6-10-7/h1,5H,2-4,6H2/q+1. The smallest absolute Gasteiger partial charge is 0.275 e. The molecule has 2 heteroatoms. The number of allylic oxidation sites excluding steroid dienone is 1. The van der Waals surface area contributed by atoms with Crippen LogP contribution in [0.25, 0.3) is 0 Å². The summed E-state index contributed by atoms with van der Waals surface area (Å²) in [5.41, 5.74) is 2.43. The molecule has 0 saturated heterocycles. The van der Waals surface area contributed by atoms with E-state index in [1.165, 1.54) is 17.8 Å². The fraction of sp³-hybridized carbons (Fsp3) is 0.500. The predicted octanol–water partition coefficient (Wildman–Crippen LogP) is 0.915. The summed E-state index contributed by atoms with van der Waals surface area (Å²) >= 11 is 0. The van der Waals surface area contributed by atoms with Crippen molar-refractivity contribution < 1.29 is 0 Å². The van der Waals surface area contributed by atoms with Crippen molar-refractivity contribution in [3.63, 3.8) is 0 Å². The van der Waals surface area contributed by atoms with Gasteiger partial charge in [0.1, 0.15) is 5.71 Å². The van der Waals surface area contributed by atoms with Crippen LogP contribution in [0, 0.1) is 0 Å². The van der Waals surface area contributed by atoms with Crippen LogP contribution in [0.3, 0.4) is 0 Å². The highest BCUT2D eigenvalue weighted by molar-refractivity contribution is 6.43. The largest absolute Gasteiger partial charge is 0.283 e. The van der Waals surface area contributed by atoms with Crippen LogP contribution >= 0.6 is 0 Å². The van der Waals surface area contributed by atoms with E-state index in [1.54, 1.807) is 0 Å². The van der Waals surface area contributed by atoms with E-state index in [0.29, 0.717) is 0 Å². The first kappa shape index (κ1) is 5.83. The quantitative estimate of drug-likeness (QED) is 0.471. The van der Waals surface area contributed by atoms with Crippen LogP contribution in [0.4, 0.5) is 0 Å². The van der Waals surface area contributed by atoms with Gasteiger partial charge >= 0.3 is 0 Å². The van der Waals surface area contributed by atoms with Crippen LogP contribution in [0.5, 0.6) is 0 Å². The van der Waals surface area contributed by atoms with Crippen LogP contribution in [0.2, 0.25) is 0 Å². The molecule has 0 saturated carbocycles. The molecule has 0 atom stereocenters. The Kier molecular flexibility index (Phi) is 1.38. The number of aliphatic imine (C=N–C) groups is 2. The van der Waals surface area contributed by atoms with E-state index in [9.17, 15) is 0 Å². The Labute approximate surface area is 60.4 Å². The van der Waals surface area contributed by atoms with Crippen molar-refractivity contribution >= 4 is 11.4 Å². The zero-order chi connectivity index (χ0) is 6.81. The number of rotatable bonds is 0. The summed E-state index contributed by atoms with van der Waals surface area (Å²) in [6, 6.07) is 0. The molecule has 2 aliphatic rings. The second-order valence-electron chi connectivity index (χ2n) is 2.60. The van der Waals surface area contributed by atoms with Gasteiger partial charge in [-0.2, -0.15) is 0 Å². The SMILES string of the molecule is C1=C[N+]=C2CCCN=C2C1. The van der Waals surface area contributed by atoms with E-state index < -0.39 is 0 Å². The van der Waals surface area contributed by atoms with Gasteiger partial charge in [0.25, 0.3) is 5.71 Å². The van der Waals surface area contributed by atoms with Gasteiger partial charge in [-0.25, -0.2) is 0 Å². The third kappa shape index (κ3) is 0.897. The molecule has 0 unspecified atom stereocenters. The zero-order valence-electron chi connectivity index (χ0n) is 5.88. The van der Waals surface area contributed by atoms with Crippen LogP contribution < -0.4 is 4.99 Å². The minimum absolute atomic E-state index is 0.999. The molecule has 0 spiro atoms. The van der Waals surface area contributed by atoms with Crippen LogP contribution in [0.15, 0.2) is 17.3 Å². The van der Waals surface area contributed by atoms with Crippen molar-refractivity contribution in [3.05, 3.63) is 12.3 Å². The Morgan fingerprint density at radius 3 is 3.40 bits per heavy atom. The van der Waals surface area contributed by atoms with Crippen LogP contribution in [-0.4, -0.2) is 18.0 Å². The number of hydrogen-bond donors (Lipinski definition) is 0. The van der Waals surface area contributed by atoms with Gasteiger partial charge in [0, 0.05) is 19.4 Å². The second-order valence-corrected chi connectivity index (χ2v) is 2.60. The number of fused-ring (bicyclic) bond motifs is 1. The fourth-order valence-electron chi connectivity index (χ4n) is 1.32. The average molecular weight is 134 g/mol. The first-order valence-electron chi connectivity index (χ1n) is 3.72. The van der Waals surface area contributed by atoms with Crippen molar-refractivity contribution in [2.75, 3.05) is 6.54 Å². The maximum Gasteiger partial charge on any atom is 0.275 e. The lowest BCUT2D eigenvalue weighted by atomic mass is 10.0. The first-order valence-corrected chi connectivity index (χ1v) is 3.72. The Morgan fingerprint density at radius 1 is 1.50 bits per heavy atom. The Hall–Kier alpha value is -0.920. The lowest BCUT2D eigenvalue weighted by molar-refractivity contribution is 0.853. The maximum absolute atomic E-state index is 4.39. The van der Waals surface area contributed by atoms with E-state index >= 15 is 0 Å². The van der Waals surface area contributed by atoms with Crippen LogP contribution in [0.1, 0.15) is 19.3 Å². The van der Waals surface area contributed by atoms with Crippen molar-refractivity contribution in [2.45, 2.75) is 19.3 Å². The third-order valence-corrected chi connectivity index (χ3v) is 1.85. The molecule has 2 rings (SSSR count). The minimum Gasteiger partial charge on any atom is -0.283 e. The van der Waals surface area contributed by atoms with Gasteiger partial charge in [-0.05, 0) is 12.5 Å². The van der Waals surface area contributed by atoms with Gasteiger partial charge in [0.2, 0.25) is 6.20 Å². The molecule has 0 aromatic rings. The van der Waals surface area contributed by atoms with E-state index in [-0.39, 0.29) is 0 Å². The van der Waals surface area contributed by atoms with E-state index in [0.717, 1.165) is 19.4 Å². The highest BCUT2D eigenvalue weighted by Gasteiger charge is 2.22. The lowest BCUT2D eigenvalue weighted by Gasteiger charge is -2.06. The predicted molar refractivity (Wildman–Crippen MR) is 42.4 cm³/mol. The Morgan fingerprint density at radius 2 is 2.50 bits per heavy atom. The third-order valence-electron chi connectivity index (χ3n) is 1.85. The molecule has 0 N–H and O–H groups in total. The molecule has 0 aromatic carbocycles. The zero-order valence-corrected chi connectivity index (χ0v) is 5.88. The molecule has 0 aromatic heterocycles. The first-order chi connectivity index (χ1) is 4.97. The summed E-state index contributed by atoms with van der Waals surface area (Å²) in [4.78, 5) is 8.64. The highest BCUT2D eigenvalue weighted by atomic mass is 14.8. The molecule has 2 nitrogen and oxygen atoms in total. The molecule has 2 aliphatic heterocycles. The minimum atomic E-state index is 0.999. The Balaban J connectivity index is 2.32. The molecule has 0 bridgehead atoms. The summed E-state index contributed by atoms with van der Waals surface area (Å²) < 4.78 is 0. The topological polar surface area (TPSA) is 26.5 Å². The normalized spacial score (nSPS) is 23.2. The molecule has 51 valence electrons. The lowest BCUT2D eigenvalue weighted by Crippen LogP contribution is -2.24. The van der Waals surface area contributed by atoms with Crippen molar-refractivity contribution in [3.8, 4) is 0 Å². The Bertz CT molecular complexity index is 223. The van der Waals surface area contributed by atoms with Gasteiger partial charge in [-0.15, -0.1) is 0 Å². The summed E-state index contributed by atoms with van der Waals surface area (Å²) in [6.07, 6.45) is 7.26. The maximum atomic E-state index is 4.39. The molecule has 1 radical (unpaired) electrons.